The molecule has 0 saturated heterocycles. The van der Waals surface area contributed by atoms with E-state index in [1.54, 1.807) is 6.07 Å². The molecule has 28 heavy (non-hydrogen) atoms. The van der Waals surface area contributed by atoms with Gasteiger partial charge in [0, 0.05) is 5.56 Å². The van der Waals surface area contributed by atoms with E-state index in [-0.39, 0.29) is 17.0 Å². The Morgan fingerprint density at radius 1 is 1.11 bits per heavy atom. The molecule has 1 aromatic carbocycles. The number of nitrogens with one attached hydrogen (secondary N) is 3. The summed E-state index contributed by atoms with van der Waals surface area (Å²) >= 11 is 0. The highest BCUT2D eigenvalue weighted by Crippen LogP contribution is 2.27. The second-order valence-corrected chi connectivity index (χ2v) is 6.00. The Morgan fingerprint density at radius 2 is 1.82 bits per heavy atom. The molecular formula is C18H22N4O6. The summed E-state index contributed by atoms with van der Waals surface area (Å²) < 4.78 is 15.2. The van der Waals surface area contributed by atoms with Gasteiger partial charge in [0.2, 0.25) is 0 Å². The fraction of sp³-hybridized carbons (Fsp3) is 0.333. The highest BCUT2D eigenvalue weighted by atomic mass is 16.5. The van der Waals surface area contributed by atoms with Crippen LogP contribution in [0, 0.1) is 0 Å². The normalized spacial score (nSPS) is 10.3. The van der Waals surface area contributed by atoms with Gasteiger partial charge in [-0.1, -0.05) is 13.8 Å². The first-order valence-corrected chi connectivity index (χ1v) is 8.39. The number of rotatable bonds is 7. The van der Waals surface area contributed by atoms with Crippen LogP contribution in [0.5, 0.6) is 11.5 Å². The smallest absolute Gasteiger partial charge is 0.342 e. The lowest BCUT2D eigenvalue weighted by Crippen LogP contribution is -2.43. The highest BCUT2D eigenvalue weighted by Gasteiger charge is 2.19. The van der Waals surface area contributed by atoms with E-state index in [9.17, 15) is 14.4 Å². The maximum Gasteiger partial charge on any atom is 0.342 e. The van der Waals surface area contributed by atoms with Crippen LogP contribution in [0.15, 0.2) is 24.4 Å². The molecule has 0 aliphatic carbocycles. The molecule has 2 aromatic rings. The van der Waals surface area contributed by atoms with Crippen LogP contribution in [0.1, 0.15) is 46.2 Å². The van der Waals surface area contributed by atoms with Gasteiger partial charge in [-0.2, -0.15) is 5.10 Å². The third-order valence-electron chi connectivity index (χ3n) is 3.76. The van der Waals surface area contributed by atoms with E-state index >= 15 is 0 Å². The fourth-order valence-electron chi connectivity index (χ4n) is 2.32. The number of H-pyrrole nitrogens is 1. The number of hydrazine groups is 1. The van der Waals surface area contributed by atoms with Crippen molar-refractivity contribution in [1.29, 1.82) is 0 Å². The Hall–Kier alpha value is -3.56. The molecule has 0 aliphatic heterocycles. The van der Waals surface area contributed by atoms with Crippen LogP contribution in [0.2, 0.25) is 0 Å². The third-order valence-corrected chi connectivity index (χ3v) is 3.76. The van der Waals surface area contributed by atoms with Gasteiger partial charge in [-0.3, -0.25) is 25.5 Å². The lowest BCUT2D eigenvalue weighted by Gasteiger charge is -2.11. The van der Waals surface area contributed by atoms with Crippen molar-refractivity contribution < 1.29 is 28.6 Å². The van der Waals surface area contributed by atoms with Gasteiger partial charge in [0.05, 0.1) is 26.1 Å². The molecule has 0 radical (unpaired) electrons. The van der Waals surface area contributed by atoms with E-state index in [0.717, 1.165) is 0 Å². The van der Waals surface area contributed by atoms with Gasteiger partial charge in [-0.25, -0.2) is 4.79 Å². The number of aromatic nitrogens is 2. The second-order valence-electron chi connectivity index (χ2n) is 6.00. The molecule has 1 heterocycles. The SMILES string of the molecule is COc1ccc(C(=O)NNC(=O)COC(=O)c2cn[nH]c2C(C)C)cc1OC. The second kappa shape index (κ2) is 9.40. The van der Waals surface area contributed by atoms with E-state index in [0.29, 0.717) is 17.2 Å². The van der Waals surface area contributed by atoms with Gasteiger partial charge in [-0.15, -0.1) is 0 Å². The minimum absolute atomic E-state index is 0.0413. The Bertz CT molecular complexity index is 862. The van der Waals surface area contributed by atoms with Crippen molar-refractivity contribution in [2.24, 2.45) is 0 Å². The number of nitrogens with zero attached hydrogens (tertiary/aromatic N) is 1. The molecule has 0 fully saturated rings. The number of benzene rings is 1. The molecule has 150 valence electrons. The third kappa shape index (κ3) is 5.00. The summed E-state index contributed by atoms with van der Waals surface area (Å²) in [6, 6.07) is 4.54. The maximum absolute atomic E-state index is 12.1. The molecule has 2 rings (SSSR count). The molecule has 0 bridgehead atoms. The molecule has 0 saturated carbocycles. The Balaban J connectivity index is 1.86. The Labute approximate surface area is 161 Å². The van der Waals surface area contributed by atoms with Gasteiger partial charge < -0.3 is 14.2 Å². The minimum atomic E-state index is -0.697. The van der Waals surface area contributed by atoms with Gasteiger partial charge in [0.25, 0.3) is 11.8 Å². The zero-order chi connectivity index (χ0) is 20.7. The average molecular weight is 390 g/mol. The highest BCUT2D eigenvalue weighted by molar-refractivity contribution is 5.96. The van der Waals surface area contributed by atoms with Crippen LogP contribution in [0.3, 0.4) is 0 Å². The van der Waals surface area contributed by atoms with Crippen LogP contribution in [-0.4, -0.2) is 48.8 Å². The van der Waals surface area contributed by atoms with Crippen molar-refractivity contribution >= 4 is 17.8 Å². The first kappa shape index (κ1) is 20.7. The summed E-state index contributed by atoms with van der Waals surface area (Å²) in [5.41, 5.74) is 5.53. The molecule has 10 nitrogen and oxygen atoms in total. The van der Waals surface area contributed by atoms with Crippen molar-refractivity contribution in [3.8, 4) is 11.5 Å². The van der Waals surface area contributed by atoms with Gasteiger partial charge in [-0.05, 0) is 24.1 Å². The first-order chi connectivity index (χ1) is 13.4. The minimum Gasteiger partial charge on any atom is -0.493 e. The quantitative estimate of drug-likeness (QED) is 0.477. The maximum atomic E-state index is 12.1. The molecule has 0 atom stereocenters. The molecular weight excluding hydrogens is 368 g/mol. The molecule has 3 N–H and O–H groups in total. The molecule has 10 heteroatoms. The number of hydrogen-bond acceptors (Lipinski definition) is 7. The van der Waals surface area contributed by atoms with Crippen molar-refractivity contribution in [3.63, 3.8) is 0 Å². The zero-order valence-electron chi connectivity index (χ0n) is 16.0. The van der Waals surface area contributed by atoms with E-state index < -0.39 is 24.4 Å². The number of carbonyl (C=O) groups is 3. The first-order valence-electron chi connectivity index (χ1n) is 8.39. The number of carbonyl (C=O) groups excluding carboxylic acids is 3. The fourth-order valence-corrected chi connectivity index (χ4v) is 2.32. The van der Waals surface area contributed by atoms with Crippen LogP contribution < -0.4 is 20.3 Å². The summed E-state index contributed by atoms with van der Waals surface area (Å²) in [6.07, 6.45) is 1.34. The van der Waals surface area contributed by atoms with Crippen LogP contribution in [-0.2, 0) is 9.53 Å². The monoisotopic (exact) mass is 390 g/mol. The number of amides is 2. The van der Waals surface area contributed by atoms with Crippen molar-refractivity contribution in [3.05, 3.63) is 41.2 Å². The number of hydrogen-bond donors (Lipinski definition) is 3. The topological polar surface area (TPSA) is 132 Å². The van der Waals surface area contributed by atoms with Gasteiger partial charge >= 0.3 is 5.97 Å². The molecule has 2 amide bonds. The van der Waals surface area contributed by atoms with E-state index in [1.165, 1.54) is 32.5 Å². The number of aromatic amines is 1. The summed E-state index contributed by atoms with van der Waals surface area (Å²) in [6.45, 7) is 3.22. The average Bonchev–Trinajstić information content (AvgIpc) is 3.19. The lowest BCUT2D eigenvalue weighted by atomic mass is 10.1. The van der Waals surface area contributed by atoms with Crippen LogP contribution >= 0.6 is 0 Å². The van der Waals surface area contributed by atoms with Crippen molar-refractivity contribution in [2.45, 2.75) is 19.8 Å². The lowest BCUT2D eigenvalue weighted by molar-refractivity contribution is -0.125. The zero-order valence-corrected chi connectivity index (χ0v) is 16.0. The van der Waals surface area contributed by atoms with E-state index in [1.807, 2.05) is 13.8 Å². The summed E-state index contributed by atoms with van der Waals surface area (Å²) in [5, 5.41) is 6.53. The summed E-state index contributed by atoms with van der Waals surface area (Å²) in [4.78, 5) is 36.0. The molecule has 0 unspecified atom stereocenters. The van der Waals surface area contributed by atoms with Crippen molar-refractivity contribution in [2.75, 3.05) is 20.8 Å². The Morgan fingerprint density at radius 3 is 2.46 bits per heavy atom. The molecule has 0 aliphatic rings. The van der Waals surface area contributed by atoms with Crippen LogP contribution in [0.4, 0.5) is 0 Å². The van der Waals surface area contributed by atoms with E-state index in [2.05, 4.69) is 21.0 Å². The van der Waals surface area contributed by atoms with Gasteiger partial charge in [0.1, 0.15) is 5.56 Å². The predicted octanol–water partition coefficient (Wildman–Crippen LogP) is 1.17. The largest absolute Gasteiger partial charge is 0.493 e. The van der Waals surface area contributed by atoms with Gasteiger partial charge in [0.15, 0.2) is 18.1 Å². The molecule has 1 aromatic heterocycles. The number of esters is 1. The summed E-state index contributed by atoms with van der Waals surface area (Å²) in [7, 11) is 2.92. The summed E-state index contributed by atoms with van der Waals surface area (Å²) in [5.74, 6) is -1.07. The number of ether oxygens (including phenoxy) is 3. The standard InChI is InChI=1S/C18H22N4O6/c1-10(2)16-12(8-19-21-16)18(25)28-9-15(23)20-22-17(24)11-5-6-13(26-3)14(7-11)27-4/h5-8,10H,9H2,1-4H3,(H,19,21)(H,20,23)(H,22,24). The van der Waals surface area contributed by atoms with Crippen molar-refractivity contribution in [1.82, 2.24) is 21.0 Å². The van der Waals surface area contributed by atoms with Crippen LogP contribution in [0.25, 0.3) is 0 Å². The molecule has 0 spiro atoms. The number of methoxy groups -OCH3 is 2. The van der Waals surface area contributed by atoms with E-state index in [4.69, 9.17) is 14.2 Å². The predicted molar refractivity (Wildman–Crippen MR) is 98.1 cm³/mol. The Kier molecular flexibility index (Phi) is 6.96.